The van der Waals surface area contributed by atoms with Crippen LogP contribution in [0.1, 0.15) is 29.7 Å². The summed E-state index contributed by atoms with van der Waals surface area (Å²) < 4.78 is 0. The predicted octanol–water partition coefficient (Wildman–Crippen LogP) is 3.38. The Morgan fingerprint density at radius 3 is 2.92 bits per heavy atom. The second-order valence-electron chi connectivity index (χ2n) is 6.18. The molecule has 0 amide bonds. The minimum atomic E-state index is 0.467. The zero-order valence-corrected chi connectivity index (χ0v) is 14.9. The minimum absolute atomic E-state index is 0.467. The summed E-state index contributed by atoms with van der Waals surface area (Å²) in [5.41, 5.74) is 2.07. The molecule has 0 unspecified atom stereocenters. The number of anilines is 1. The van der Waals surface area contributed by atoms with Gasteiger partial charge in [0.25, 0.3) is 0 Å². The standard InChI is InChI=1S/C18H18N6S/c1-24(10-4-7-19)17-15-12-5-2-3-6-14(12)25-18(15)23-16(22-17)13-11-20-8-9-21-13/h8-9,11H,2-6,10H2,1H3. The number of aryl methyl sites for hydroxylation is 2. The highest BCUT2D eigenvalue weighted by Crippen LogP contribution is 2.40. The van der Waals surface area contributed by atoms with Gasteiger partial charge in [-0.15, -0.1) is 11.3 Å². The summed E-state index contributed by atoms with van der Waals surface area (Å²) in [4.78, 5) is 22.6. The summed E-state index contributed by atoms with van der Waals surface area (Å²) in [5, 5.41) is 10.1. The fourth-order valence-electron chi connectivity index (χ4n) is 3.27. The lowest BCUT2D eigenvalue weighted by molar-refractivity contribution is 0.700. The van der Waals surface area contributed by atoms with Crippen molar-refractivity contribution in [2.75, 3.05) is 18.5 Å². The van der Waals surface area contributed by atoms with Crippen LogP contribution in [-0.4, -0.2) is 33.5 Å². The Hall–Kier alpha value is -2.59. The van der Waals surface area contributed by atoms with Gasteiger partial charge >= 0.3 is 0 Å². The lowest BCUT2D eigenvalue weighted by atomic mass is 9.97. The van der Waals surface area contributed by atoms with Crippen molar-refractivity contribution in [2.24, 2.45) is 0 Å². The first-order chi connectivity index (χ1) is 12.3. The quantitative estimate of drug-likeness (QED) is 0.718. The largest absolute Gasteiger partial charge is 0.358 e. The molecular weight excluding hydrogens is 332 g/mol. The third-order valence-electron chi connectivity index (χ3n) is 4.51. The van der Waals surface area contributed by atoms with Crippen molar-refractivity contribution in [1.82, 2.24) is 19.9 Å². The van der Waals surface area contributed by atoms with Crippen molar-refractivity contribution in [2.45, 2.75) is 32.1 Å². The summed E-state index contributed by atoms with van der Waals surface area (Å²) in [7, 11) is 1.99. The average molecular weight is 350 g/mol. The summed E-state index contributed by atoms with van der Waals surface area (Å²) >= 11 is 1.77. The van der Waals surface area contributed by atoms with Crippen molar-refractivity contribution >= 4 is 27.4 Å². The molecule has 4 rings (SSSR count). The van der Waals surface area contributed by atoms with Gasteiger partial charge in [0.15, 0.2) is 5.82 Å². The normalized spacial score (nSPS) is 13.4. The molecule has 3 aromatic heterocycles. The van der Waals surface area contributed by atoms with Crippen molar-refractivity contribution in [3.05, 3.63) is 29.0 Å². The van der Waals surface area contributed by atoms with Gasteiger partial charge in [0.2, 0.25) is 0 Å². The van der Waals surface area contributed by atoms with Crippen LogP contribution in [0.5, 0.6) is 0 Å². The zero-order chi connectivity index (χ0) is 17.2. The molecule has 0 aliphatic heterocycles. The van der Waals surface area contributed by atoms with Crippen LogP contribution >= 0.6 is 11.3 Å². The first-order valence-corrected chi connectivity index (χ1v) is 9.26. The molecule has 25 heavy (non-hydrogen) atoms. The summed E-state index contributed by atoms with van der Waals surface area (Å²) in [5.74, 6) is 1.50. The van der Waals surface area contributed by atoms with Gasteiger partial charge in [-0.25, -0.2) is 15.0 Å². The Morgan fingerprint density at radius 2 is 2.12 bits per heavy atom. The molecule has 0 bridgehead atoms. The van der Waals surface area contributed by atoms with Gasteiger partial charge in [-0.05, 0) is 31.2 Å². The van der Waals surface area contributed by atoms with Crippen LogP contribution in [0.25, 0.3) is 21.7 Å². The van der Waals surface area contributed by atoms with Crippen LogP contribution in [0.3, 0.4) is 0 Å². The van der Waals surface area contributed by atoms with Crippen LogP contribution in [-0.2, 0) is 12.8 Å². The van der Waals surface area contributed by atoms with E-state index < -0.39 is 0 Å². The Labute approximate surface area is 150 Å². The highest BCUT2D eigenvalue weighted by Gasteiger charge is 2.23. The molecule has 0 saturated heterocycles. The Kier molecular flexibility index (Phi) is 4.28. The Balaban J connectivity index is 1.91. The van der Waals surface area contributed by atoms with E-state index in [1.807, 2.05) is 7.05 Å². The first kappa shape index (κ1) is 15.9. The van der Waals surface area contributed by atoms with E-state index in [1.165, 1.54) is 23.3 Å². The molecule has 0 fully saturated rings. The van der Waals surface area contributed by atoms with Gasteiger partial charge < -0.3 is 4.90 Å². The number of hydrogen-bond donors (Lipinski definition) is 0. The summed E-state index contributed by atoms with van der Waals surface area (Å²) in [6.45, 7) is 0.646. The number of nitrogens with zero attached hydrogens (tertiary/aromatic N) is 6. The van der Waals surface area contributed by atoms with Crippen LogP contribution in [0.2, 0.25) is 0 Å². The first-order valence-electron chi connectivity index (χ1n) is 8.44. The molecule has 6 nitrogen and oxygen atoms in total. The molecule has 126 valence electrons. The van der Waals surface area contributed by atoms with E-state index >= 15 is 0 Å². The van der Waals surface area contributed by atoms with Crippen LogP contribution in [0.4, 0.5) is 5.82 Å². The number of hydrogen-bond acceptors (Lipinski definition) is 7. The van der Waals surface area contributed by atoms with Crippen molar-refractivity contribution < 1.29 is 0 Å². The van der Waals surface area contributed by atoms with Crippen LogP contribution in [0.15, 0.2) is 18.6 Å². The van der Waals surface area contributed by atoms with E-state index in [4.69, 9.17) is 15.2 Å². The SMILES string of the molecule is CN(CCC#N)c1nc(-c2cnccn2)nc2sc3c(c12)CCCC3. The number of fused-ring (bicyclic) bond motifs is 3. The molecule has 0 atom stereocenters. The fraction of sp³-hybridized carbons (Fsp3) is 0.389. The molecule has 1 aliphatic rings. The predicted molar refractivity (Wildman–Crippen MR) is 98.6 cm³/mol. The third kappa shape index (κ3) is 2.94. The van der Waals surface area contributed by atoms with Gasteiger partial charge in [-0.3, -0.25) is 4.98 Å². The molecule has 7 heteroatoms. The summed E-state index contributed by atoms with van der Waals surface area (Å²) in [6.07, 6.45) is 10.1. The monoisotopic (exact) mass is 350 g/mol. The minimum Gasteiger partial charge on any atom is -0.358 e. The Bertz CT molecular complexity index is 944. The summed E-state index contributed by atoms with van der Waals surface area (Å²) in [6, 6.07) is 2.21. The molecule has 0 N–H and O–H groups in total. The molecule has 0 aromatic carbocycles. The number of nitriles is 1. The highest BCUT2D eigenvalue weighted by molar-refractivity contribution is 7.19. The third-order valence-corrected chi connectivity index (χ3v) is 5.69. The van der Waals surface area contributed by atoms with Gasteiger partial charge in [-0.1, -0.05) is 0 Å². The maximum Gasteiger partial charge on any atom is 0.183 e. The average Bonchev–Trinajstić information content (AvgIpc) is 3.04. The van der Waals surface area contributed by atoms with Gasteiger partial charge in [0.05, 0.1) is 24.1 Å². The van der Waals surface area contributed by atoms with Crippen molar-refractivity contribution in [3.63, 3.8) is 0 Å². The number of rotatable bonds is 4. The maximum atomic E-state index is 8.93. The van der Waals surface area contributed by atoms with Gasteiger partial charge in [-0.2, -0.15) is 5.26 Å². The lowest BCUT2D eigenvalue weighted by Crippen LogP contribution is -2.20. The van der Waals surface area contributed by atoms with Crippen LogP contribution < -0.4 is 4.90 Å². The lowest BCUT2D eigenvalue weighted by Gasteiger charge is -2.20. The van der Waals surface area contributed by atoms with Crippen molar-refractivity contribution in [3.8, 4) is 17.6 Å². The highest BCUT2D eigenvalue weighted by atomic mass is 32.1. The maximum absolute atomic E-state index is 8.93. The van der Waals surface area contributed by atoms with E-state index in [9.17, 15) is 0 Å². The van der Waals surface area contributed by atoms with E-state index in [0.29, 0.717) is 24.5 Å². The molecule has 3 aromatic rings. The van der Waals surface area contributed by atoms with Gasteiger partial charge in [0, 0.05) is 30.9 Å². The molecule has 0 spiro atoms. The van der Waals surface area contributed by atoms with E-state index in [0.717, 1.165) is 28.9 Å². The molecule has 0 radical (unpaired) electrons. The second-order valence-corrected chi connectivity index (χ2v) is 7.27. The fourth-order valence-corrected chi connectivity index (χ4v) is 4.52. The second kappa shape index (κ2) is 6.73. The smallest absolute Gasteiger partial charge is 0.183 e. The topological polar surface area (TPSA) is 78.6 Å². The molecular formula is C18H18N6S. The van der Waals surface area contributed by atoms with E-state index in [1.54, 1.807) is 29.9 Å². The van der Waals surface area contributed by atoms with Crippen LogP contribution in [0, 0.1) is 11.3 Å². The molecule has 0 saturated carbocycles. The molecule has 3 heterocycles. The van der Waals surface area contributed by atoms with Crippen molar-refractivity contribution in [1.29, 1.82) is 5.26 Å². The van der Waals surface area contributed by atoms with Gasteiger partial charge in [0.1, 0.15) is 16.3 Å². The number of thiophene rings is 1. The Morgan fingerprint density at radius 1 is 1.24 bits per heavy atom. The van der Waals surface area contributed by atoms with E-state index in [-0.39, 0.29) is 0 Å². The zero-order valence-electron chi connectivity index (χ0n) is 14.1. The number of aromatic nitrogens is 4. The van der Waals surface area contributed by atoms with E-state index in [2.05, 4.69) is 20.9 Å². The molecule has 1 aliphatic carbocycles.